The zero-order valence-electron chi connectivity index (χ0n) is 11.0. The van der Waals surface area contributed by atoms with Crippen molar-refractivity contribution in [2.45, 2.75) is 51.1 Å². The standard InChI is InChI=1S/C12H21N3O4/c1-7(14-12(13)19)10(16)15-9(11(17)18)8-5-3-2-4-6-8/h7-9H,2-6H2,1H3,(H,15,16)(H,17,18)(H3,13,14,19). The van der Waals surface area contributed by atoms with Crippen molar-refractivity contribution in [2.24, 2.45) is 11.7 Å². The third-order valence-electron chi connectivity index (χ3n) is 3.44. The van der Waals surface area contributed by atoms with E-state index in [0.717, 1.165) is 32.1 Å². The minimum atomic E-state index is -1.04. The fourth-order valence-corrected chi connectivity index (χ4v) is 2.41. The van der Waals surface area contributed by atoms with Crippen LogP contribution in [0.2, 0.25) is 0 Å². The number of aliphatic carboxylic acids is 1. The maximum Gasteiger partial charge on any atom is 0.326 e. The molecule has 0 aliphatic heterocycles. The summed E-state index contributed by atoms with van der Waals surface area (Å²) in [5, 5.41) is 13.9. The number of rotatable bonds is 5. The van der Waals surface area contributed by atoms with Crippen LogP contribution < -0.4 is 16.4 Å². The normalized spacial score (nSPS) is 19.2. The zero-order valence-corrected chi connectivity index (χ0v) is 11.0. The lowest BCUT2D eigenvalue weighted by atomic mass is 9.84. The van der Waals surface area contributed by atoms with Gasteiger partial charge in [0.15, 0.2) is 0 Å². The molecule has 0 heterocycles. The molecule has 5 N–H and O–H groups in total. The Morgan fingerprint density at radius 3 is 2.21 bits per heavy atom. The van der Waals surface area contributed by atoms with E-state index >= 15 is 0 Å². The van der Waals surface area contributed by atoms with Crippen molar-refractivity contribution < 1.29 is 19.5 Å². The highest BCUT2D eigenvalue weighted by Gasteiger charge is 2.31. The molecule has 1 saturated carbocycles. The van der Waals surface area contributed by atoms with Gasteiger partial charge in [-0.05, 0) is 25.7 Å². The van der Waals surface area contributed by atoms with Crippen LogP contribution in [0.15, 0.2) is 0 Å². The Labute approximate surface area is 111 Å². The van der Waals surface area contributed by atoms with Gasteiger partial charge in [0.2, 0.25) is 5.91 Å². The van der Waals surface area contributed by atoms with E-state index in [4.69, 9.17) is 5.73 Å². The van der Waals surface area contributed by atoms with Gasteiger partial charge in [-0.15, -0.1) is 0 Å². The van der Waals surface area contributed by atoms with Crippen molar-refractivity contribution in [1.29, 1.82) is 0 Å². The molecule has 0 aromatic carbocycles. The van der Waals surface area contributed by atoms with Crippen LogP contribution in [0.25, 0.3) is 0 Å². The second kappa shape index (κ2) is 6.96. The Kier molecular flexibility index (Phi) is 5.59. The molecule has 7 nitrogen and oxygen atoms in total. The quantitative estimate of drug-likeness (QED) is 0.570. The van der Waals surface area contributed by atoms with Gasteiger partial charge in [-0.3, -0.25) is 4.79 Å². The smallest absolute Gasteiger partial charge is 0.326 e. The molecule has 1 aliphatic carbocycles. The van der Waals surface area contributed by atoms with E-state index in [2.05, 4.69) is 10.6 Å². The predicted octanol–water partition coefficient (Wildman–Crippen LogP) is 0.193. The fraction of sp³-hybridized carbons (Fsp3) is 0.750. The molecule has 1 fully saturated rings. The van der Waals surface area contributed by atoms with E-state index in [1.54, 1.807) is 0 Å². The number of nitrogens with one attached hydrogen (secondary N) is 2. The minimum absolute atomic E-state index is 0.0454. The number of carboxylic acid groups (broad SMARTS) is 1. The SMILES string of the molecule is CC(NC(N)=O)C(=O)NC(C(=O)O)C1CCCCC1. The molecule has 0 spiro atoms. The first-order valence-corrected chi connectivity index (χ1v) is 6.51. The summed E-state index contributed by atoms with van der Waals surface area (Å²) in [7, 11) is 0. The van der Waals surface area contributed by atoms with E-state index in [1.807, 2.05) is 0 Å². The largest absolute Gasteiger partial charge is 0.480 e. The maximum absolute atomic E-state index is 11.8. The lowest BCUT2D eigenvalue weighted by Gasteiger charge is -2.28. The van der Waals surface area contributed by atoms with E-state index in [1.165, 1.54) is 6.92 Å². The second-order valence-electron chi connectivity index (χ2n) is 4.95. The average molecular weight is 271 g/mol. The van der Waals surface area contributed by atoms with Crippen molar-refractivity contribution in [2.75, 3.05) is 0 Å². The first-order chi connectivity index (χ1) is 8.91. The summed E-state index contributed by atoms with van der Waals surface area (Å²) in [6, 6.07) is -2.56. The third kappa shape index (κ3) is 4.76. The molecule has 0 radical (unpaired) electrons. The van der Waals surface area contributed by atoms with Gasteiger partial charge in [-0.25, -0.2) is 9.59 Å². The molecule has 7 heteroatoms. The van der Waals surface area contributed by atoms with E-state index in [0.29, 0.717) is 0 Å². The zero-order chi connectivity index (χ0) is 14.4. The summed E-state index contributed by atoms with van der Waals surface area (Å²) in [5.74, 6) is -1.61. The number of urea groups is 1. The first kappa shape index (κ1) is 15.3. The Balaban J connectivity index is 2.59. The highest BCUT2D eigenvalue weighted by molar-refractivity contribution is 5.89. The number of primary amides is 1. The molecule has 1 rings (SSSR count). The maximum atomic E-state index is 11.8. The van der Waals surface area contributed by atoms with Gasteiger partial charge >= 0.3 is 12.0 Å². The van der Waals surface area contributed by atoms with Gasteiger partial charge in [-0.2, -0.15) is 0 Å². The summed E-state index contributed by atoms with van der Waals surface area (Å²) in [6.07, 6.45) is 4.68. The van der Waals surface area contributed by atoms with Crippen LogP contribution in [0.4, 0.5) is 4.79 Å². The Morgan fingerprint density at radius 2 is 1.74 bits per heavy atom. The predicted molar refractivity (Wildman–Crippen MR) is 68.3 cm³/mol. The monoisotopic (exact) mass is 271 g/mol. The minimum Gasteiger partial charge on any atom is -0.480 e. The van der Waals surface area contributed by atoms with Crippen molar-refractivity contribution >= 4 is 17.9 Å². The second-order valence-corrected chi connectivity index (χ2v) is 4.95. The van der Waals surface area contributed by atoms with E-state index in [9.17, 15) is 19.5 Å². The van der Waals surface area contributed by atoms with Crippen molar-refractivity contribution in [3.63, 3.8) is 0 Å². The van der Waals surface area contributed by atoms with Gasteiger partial charge < -0.3 is 21.5 Å². The molecule has 19 heavy (non-hydrogen) atoms. The highest BCUT2D eigenvalue weighted by atomic mass is 16.4. The Hall–Kier alpha value is -1.79. The molecule has 3 amide bonds. The molecular formula is C12H21N3O4. The van der Waals surface area contributed by atoms with Gasteiger partial charge in [0, 0.05) is 0 Å². The van der Waals surface area contributed by atoms with Crippen LogP contribution in [0, 0.1) is 5.92 Å². The molecule has 0 bridgehead atoms. The summed E-state index contributed by atoms with van der Waals surface area (Å²) < 4.78 is 0. The molecular weight excluding hydrogens is 250 g/mol. The van der Waals surface area contributed by atoms with E-state index in [-0.39, 0.29) is 5.92 Å². The Bertz CT molecular complexity index is 353. The molecule has 0 aromatic heterocycles. The number of nitrogens with two attached hydrogens (primary N) is 1. The number of carbonyl (C=O) groups excluding carboxylic acids is 2. The average Bonchev–Trinajstić information content (AvgIpc) is 2.35. The topological polar surface area (TPSA) is 122 Å². The summed E-state index contributed by atoms with van der Waals surface area (Å²) in [5.41, 5.74) is 4.92. The third-order valence-corrected chi connectivity index (χ3v) is 3.44. The van der Waals surface area contributed by atoms with Crippen LogP contribution in [0.5, 0.6) is 0 Å². The van der Waals surface area contributed by atoms with Gasteiger partial charge in [0.05, 0.1) is 0 Å². The van der Waals surface area contributed by atoms with Crippen molar-refractivity contribution in [3.05, 3.63) is 0 Å². The highest BCUT2D eigenvalue weighted by Crippen LogP contribution is 2.26. The van der Waals surface area contributed by atoms with E-state index < -0.39 is 30.0 Å². The van der Waals surface area contributed by atoms with Crippen LogP contribution in [-0.4, -0.2) is 35.1 Å². The molecule has 2 unspecified atom stereocenters. The van der Waals surface area contributed by atoms with Crippen LogP contribution in [0.1, 0.15) is 39.0 Å². The molecule has 0 saturated heterocycles. The molecule has 1 aliphatic rings. The van der Waals surface area contributed by atoms with Crippen molar-refractivity contribution in [3.8, 4) is 0 Å². The fourth-order valence-electron chi connectivity index (χ4n) is 2.41. The van der Waals surface area contributed by atoms with Gasteiger partial charge in [0.1, 0.15) is 12.1 Å². The van der Waals surface area contributed by atoms with Gasteiger partial charge in [-0.1, -0.05) is 19.3 Å². The molecule has 108 valence electrons. The molecule has 0 aromatic rings. The van der Waals surface area contributed by atoms with Crippen molar-refractivity contribution in [1.82, 2.24) is 10.6 Å². The first-order valence-electron chi connectivity index (χ1n) is 6.51. The van der Waals surface area contributed by atoms with Gasteiger partial charge in [0.25, 0.3) is 0 Å². The lowest BCUT2D eigenvalue weighted by Crippen LogP contribution is -2.53. The summed E-state index contributed by atoms with van der Waals surface area (Å²) >= 11 is 0. The number of carbonyl (C=O) groups is 3. The molecule has 2 atom stereocenters. The number of hydrogen-bond donors (Lipinski definition) is 4. The van der Waals surface area contributed by atoms with Crippen LogP contribution in [-0.2, 0) is 9.59 Å². The van der Waals surface area contributed by atoms with Crippen LogP contribution in [0.3, 0.4) is 0 Å². The lowest BCUT2D eigenvalue weighted by molar-refractivity contribution is -0.144. The van der Waals surface area contributed by atoms with Crippen LogP contribution >= 0.6 is 0 Å². The Morgan fingerprint density at radius 1 is 1.16 bits per heavy atom. The summed E-state index contributed by atoms with van der Waals surface area (Å²) in [6.45, 7) is 1.46. The summed E-state index contributed by atoms with van der Waals surface area (Å²) in [4.78, 5) is 33.7. The number of carboxylic acids is 1. The number of amides is 3. The number of hydrogen-bond acceptors (Lipinski definition) is 3.